The van der Waals surface area contributed by atoms with Crippen molar-refractivity contribution in [2.24, 2.45) is 12.9 Å². The van der Waals surface area contributed by atoms with Gasteiger partial charge in [0.05, 0.1) is 17.7 Å². The molecule has 0 aliphatic carbocycles. The van der Waals surface area contributed by atoms with Crippen molar-refractivity contribution < 1.29 is 0 Å². The van der Waals surface area contributed by atoms with E-state index in [9.17, 15) is 0 Å². The number of hydrazine groups is 1. The smallest absolute Gasteiger partial charge is 0.0794 e. The van der Waals surface area contributed by atoms with Gasteiger partial charge in [0, 0.05) is 24.3 Å². The highest BCUT2D eigenvalue weighted by Gasteiger charge is 2.12. The summed E-state index contributed by atoms with van der Waals surface area (Å²) in [7, 11) is 1.90. The van der Waals surface area contributed by atoms with Crippen LogP contribution in [0.2, 0.25) is 0 Å². The number of hydrogen-bond acceptors (Lipinski definition) is 5. The highest BCUT2D eigenvalue weighted by Crippen LogP contribution is 2.20. The van der Waals surface area contributed by atoms with Crippen molar-refractivity contribution in [2.75, 3.05) is 0 Å². The third kappa shape index (κ3) is 2.41. The molecule has 0 spiro atoms. The maximum atomic E-state index is 5.52. The molecule has 6 heteroatoms. The SMILES string of the molecule is Cn1cc(CC(NN)c2cncs2)cn1. The summed E-state index contributed by atoms with van der Waals surface area (Å²) in [4.78, 5) is 5.18. The maximum Gasteiger partial charge on any atom is 0.0794 e. The zero-order valence-electron chi connectivity index (χ0n) is 8.42. The Bertz CT molecular complexity index is 408. The number of hydrogen-bond donors (Lipinski definition) is 2. The van der Waals surface area contributed by atoms with Crippen LogP contribution in [0.4, 0.5) is 0 Å². The van der Waals surface area contributed by atoms with E-state index in [1.807, 2.05) is 31.1 Å². The van der Waals surface area contributed by atoms with E-state index in [0.717, 1.165) is 16.9 Å². The number of nitrogens with one attached hydrogen (secondary N) is 1. The molecule has 2 rings (SSSR count). The van der Waals surface area contributed by atoms with E-state index in [4.69, 9.17) is 5.84 Å². The molecule has 1 atom stereocenters. The van der Waals surface area contributed by atoms with Crippen molar-refractivity contribution in [1.29, 1.82) is 0 Å². The van der Waals surface area contributed by atoms with Crippen LogP contribution in [0, 0.1) is 0 Å². The molecule has 15 heavy (non-hydrogen) atoms. The highest BCUT2D eigenvalue weighted by atomic mass is 32.1. The van der Waals surface area contributed by atoms with Crippen LogP contribution in [0.5, 0.6) is 0 Å². The molecule has 0 aliphatic rings. The summed E-state index contributed by atoms with van der Waals surface area (Å²) >= 11 is 1.60. The van der Waals surface area contributed by atoms with Gasteiger partial charge in [0.1, 0.15) is 0 Å². The van der Waals surface area contributed by atoms with Crippen LogP contribution in [0.25, 0.3) is 0 Å². The second-order valence-corrected chi connectivity index (χ2v) is 4.27. The summed E-state index contributed by atoms with van der Waals surface area (Å²) < 4.78 is 1.79. The predicted octanol–water partition coefficient (Wildman–Crippen LogP) is 0.624. The summed E-state index contributed by atoms with van der Waals surface area (Å²) in [5.74, 6) is 5.52. The zero-order valence-corrected chi connectivity index (χ0v) is 9.24. The van der Waals surface area contributed by atoms with Crippen molar-refractivity contribution in [3.05, 3.63) is 34.5 Å². The van der Waals surface area contributed by atoms with Gasteiger partial charge in [0.25, 0.3) is 0 Å². The number of thiazole rings is 1. The first kappa shape index (κ1) is 10.3. The number of aryl methyl sites for hydroxylation is 1. The van der Waals surface area contributed by atoms with Gasteiger partial charge < -0.3 is 0 Å². The van der Waals surface area contributed by atoms with Gasteiger partial charge >= 0.3 is 0 Å². The van der Waals surface area contributed by atoms with E-state index in [1.165, 1.54) is 0 Å². The second kappa shape index (κ2) is 4.52. The molecule has 0 amide bonds. The molecule has 2 heterocycles. The Hall–Kier alpha value is -1.24. The summed E-state index contributed by atoms with van der Waals surface area (Å²) in [6.45, 7) is 0. The minimum atomic E-state index is 0.113. The standard InChI is InChI=1S/C9H13N5S/c1-14-5-7(3-12-14)2-8(13-10)9-4-11-6-15-9/h3-6,8,13H,2,10H2,1H3. The molecule has 0 saturated carbocycles. The molecule has 0 aromatic carbocycles. The fraction of sp³-hybridized carbons (Fsp3) is 0.333. The van der Waals surface area contributed by atoms with Crippen LogP contribution in [-0.2, 0) is 13.5 Å². The van der Waals surface area contributed by atoms with Crippen molar-refractivity contribution in [3.63, 3.8) is 0 Å². The van der Waals surface area contributed by atoms with Crippen molar-refractivity contribution in [3.8, 4) is 0 Å². The van der Waals surface area contributed by atoms with Gasteiger partial charge in [-0.2, -0.15) is 5.10 Å². The van der Waals surface area contributed by atoms with Crippen molar-refractivity contribution in [2.45, 2.75) is 12.5 Å². The first-order valence-corrected chi connectivity index (χ1v) is 5.49. The Kier molecular flexibility index (Phi) is 3.10. The molecular formula is C9H13N5S. The third-order valence-electron chi connectivity index (χ3n) is 2.19. The lowest BCUT2D eigenvalue weighted by molar-refractivity contribution is 0.559. The average molecular weight is 223 g/mol. The van der Waals surface area contributed by atoms with E-state index in [2.05, 4.69) is 15.5 Å². The van der Waals surface area contributed by atoms with Gasteiger partial charge in [0.15, 0.2) is 0 Å². The molecule has 1 unspecified atom stereocenters. The average Bonchev–Trinajstić information content (AvgIpc) is 2.85. The molecular weight excluding hydrogens is 210 g/mol. The minimum absolute atomic E-state index is 0.113. The van der Waals surface area contributed by atoms with Crippen LogP contribution in [-0.4, -0.2) is 14.8 Å². The first-order valence-electron chi connectivity index (χ1n) is 4.61. The van der Waals surface area contributed by atoms with Crippen LogP contribution in [0.1, 0.15) is 16.5 Å². The van der Waals surface area contributed by atoms with Crippen LogP contribution >= 0.6 is 11.3 Å². The molecule has 2 aromatic heterocycles. The topological polar surface area (TPSA) is 68.8 Å². The summed E-state index contributed by atoms with van der Waals surface area (Å²) in [6, 6.07) is 0.113. The molecule has 5 nitrogen and oxygen atoms in total. The van der Waals surface area contributed by atoms with Crippen LogP contribution < -0.4 is 11.3 Å². The van der Waals surface area contributed by atoms with Gasteiger partial charge in [-0.15, -0.1) is 11.3 Å². The van der Waals surface area contributed by atoms with Crippen LogP contribution in [0.3, 0.4) is 0 Å². The maximum absolute atomic E-state index is 5.52. The molecule has 0 aliphatic heterocycles. The number of rotatable bonds is 4. The molecule has 2 aromatic rings. The third-order valence-corrected chi connectivity index (χ3v) is 3.08. The fourth-order valence-electron chi connectivity index (χ4n) is 1.45. The van der Waals surface area contributed by atoms with Gasteiger partial charge in [-0.25, -0.2) is 0 Å². The van der Waals surface area contributed by atoms with Gasteiger partial charge in [0.2, 0.25) is 0 Å². The number of nitrogens with zero attached hydrogens (tertiary/aromatic N) is 3. The summed E-state index contributed by atoms with van der Waals surface area (Å²) in [5.41, 5.74) is 5.76. The van der Waals surface area contributed by atoms with Gasteiger partial charge in [-0.05, 0) is 12.0 Å². The fourth-order valence-corrected chi connectivity index (χ4v) is 2.13. The second-order valence-electron chi connectivity index (χ2n) is 3.35. The molecule has 3 N–H and O–H groups in total. The Labute approximate surface area is 91.9 Å². The van der Waals surface area contributed by atoms with Crippen LogP contribution in [0.15, 0.2) is 24.1 Å². The van der Waals surface area contributed by atoms with E-state index >= 15 is 0 Å². The molecule has 0 saturated heterocycles. The Morgan fingerprint density at radius 3 is 3.00 bits per heavy atom. The minimum Gasteiger partial charge on any atom is -0.276 e. The molecule has 0 radical (unpaired) electrons. The molecule has 80 valence electrons. The monoisotopic (exact) mass is 223 g/mol. The molecule has 0 bridgehead atoms. The quantitative estimate of drug-likeness (QED) is 0.589. The lowest BCUT2D eigenvalue weighted by Gasteiger charge is -2.11. The van der Waals surface area contributed by atoms with E-state index in [1.54, 1.807) is 16.0 Å². The van der Waals surface area contributed by atoms with Crippen molar-refractivity contribution in [1.82, 2.24) is 20.2 Å². The number of aromatic nitrogens is 3. The predicted molar refractivity (Wildman–Crippen MR) is 59.1 cm³/mol. The summed E-state index contributed by atoms with van der Waals surface area (Å²) in [5, 5.41) is 4.12. The van der Waals surface area contributed by atoms with Gasteiger partial charge in [-0.1, -0.05) is 0 Å². The van der Waals surface area contributed by atoms with E-state index < -0.39 is 0 Å². The zero-order chi connectivity index (χ0) is 10.7. The Morgan fingerprint density at radius 2 is 2.47 bits per heavy atom. The molecule has 0 fully saturated rings. The number of nitrogens with two attached hydrogens (primary N) is 1. The normalized spacial score (nSPS) is 12.9. The lowest BCUT2D eigenvalue weighted by atomic mass is 10.1. The Morgan fingerprint density at radius 1 is 1.60 bits per heavy atom. The van der Waals surface area contributed by atoms with Crippen molar-refractivity contribution >= 4 is 11.3 Å². The lowest BCUT2D eigenvalue weighted by Crippen LogP contribution is -2.28. The Balaban J connectivity index is 2.09. The summed E-state index contributed by atoms with van der Waals surface area (Å²) in [6.07, 6.45) is 6.51. The van der Waals surface area contributed by atoms with E-state index in [-0.39, 0.29) is 6.04 Å². The largest absolute Gasteiger partial charge is 0.276 e. The highest BCUT2D eigenvalue weighted by molar-refractivity contribution is 7.09. The first-order chi connectivity index (χ1) is 7.29. The van der Waals surface area contributed by atoms with E-state index in [0.29, 0.717) is 0 Å². The van der Waals surface area contributed by atoms with Gasteiger partial charge in [-0.3, -0.25) is 20.9 Å².